The highest BCUT2D eigenvalue weighted by atomic mass is 16.2. The Kier molecular flexibility index (Phi) is 7.85. The maximum Gasteiger partial charge on any atom is 0.239 e. The second-order valence-corrected chi connectivity index (χ2v) is 8.26. The molecule has 30 heavy (non-hydrogen) atoms. The van der Waals surface area contributed by atoms with Gasteiger partial charge in [-0.05, 0) is 25.3 Å². The van der Waals surface area contributed by atoms with Gasteiger partial charge in [-0.25, -0.2) is 0 Å². The predicted molar refractivity (Wildman–Crippen MR) is 116 cm³/mol. The molecule has 0 saturated carbocycles. The summed E-state index contributed by atoms with van der Waals surface area (Å²) >= 11 is 0. The maximum absolute atomic E-state index is 12.9. The van der Waals surface area contributed by atoms with E-state index in [9.17, 15) is 14.4 Å². The SMILES string of the molecule is CC(=O)N1CCN(C(=O)C(C)N2CCN(C(=O)CCCc3ccccc3)CC2)CC1. The third-order valence-corrected chi connectivity index (χ3v) is 6.31. The number of hydrogen-bond donors (Lipinski definition) is 0. The lowest BCUT2D eigenvalue weighted by Crippen LogP contribution is -2.58. The Bertz CT molecular complexity index is 723. The third kappa shape index (κ3) is 5.81. The minimum Gasteiger partial charge on any atom is -0.340 e. The van der Waals surface area contributed by atoms with Gasteiger partial charge >= 0.3 is 0 Å². The van der Waals surface area contributed by atoms with Gasteiger partial charge in [0.15, 0.2) is 0 Å². The summed E-state index contributed by atoms with van der Waals surface area (Å²) in [5.74, 6) is 0.408. The van der Waals surface area contributed by atoms with E-state index >= 15 is 0 Å². The van der Waals surface area contributed by atoms with Gasteiger partial charge in [0.1, 0.15) is 0 Å². The summed E-state index contributed by atoms with van der Waals surface area (Å²) in [5.41, 5.74) is 1.27. The Hall–Kier alpha value is -2.41. The average Bonchev–Trinajstić information content (AvgIpc) is 2.79. The van der Waals surface area contributed by atoms with E-state index in [0.29, 0.717) is 45.7 Å². The van der Waals surface area contributed by atoms with E-state index in [2.05, 4.69) is 17.0 Å². The second-order valence-electron chi connectivity index (χ2n) is 8.26. The Morgan fingerprint density at radius 2 is 1.40 bits per heavy atom. The van der Waals surface area contributed by atoms with Gasteiger partial charge in [0.2, 0.25) is 17.7 Å². The van der Waals surface area contributed by atoms with Gasteiger partial charge in [0.25, 0.3) is 0 Å². The minimum atomic E-state index is -0.191. The molecule has 0 aliphatic carbocycles. The first kappa shape index (κ1) is 22.3. The van der Waals surface area contributed by atoms with Crippen molar-refractivity contribution in [2.45, 2.75) is 39.2 Å². The Labute approximate surface area is 179 Å². The predicted octanol–water partition coefficient (Wildman–Crippen LogP) is 1.23. The van der Waals surface area contributed by atoms with Crippen LogP contribution in [0.3, 0.4) is 0 Å². The highest BCUT2D eigenvalue weighted by Crippen LogP contribution is 2.13. The molecule has 7 nitrogen and oxygen atoms in total. The highest BCUT2D eigenvalue weighted by Gasteiger charge is 2.31. The van der Waals surface area contributed by atoms with E-state index in [1.807, 2.05) is 34.9 Å². The first-order chi connectivity index (χ1) is 14.5. The monoisotopic (exact) mass is 414 g/mol. The topological polar surface area (TPSA) is 64.2 Å². The molecule has 3 amide bonds. The van der Waals surface area contributed by atoms with E-state index in [1.165, 1.54) is 5.56 Å². The molecular weight excluding hydrogens is 380 g/mol. The van der Waals surface area contributed by atoms with Crippen molar-refractivity contribution in [2.75, 3.05) is 52.4 Å². The highest BCUT2D eigenvalue weighted by molar-refractivity contribution is 5.82. The molecule has 1 atom stereocenters. The zero-order valence-corrected chi connectivity index (χ0v) is 18.3. The van der Waals surface area contributed by atoms with Crippen molar-refractivity contribution in [3.63, 3.8) is 0 Å². The number of hydrogen-bond acceptors (Lipinski definition) is 4. The molecule has 2 aliphatic heterocycles. The van der Waals surface area contributed by atoms with E-state index in [0.717, 1.165) is 25.9 Å². The molecule has 2 saturated heterocycles. The molecule has 3 rings (SSSR count). The van der Waals surface area contributed by atoms with Crippen LogP contribution in [0.15, 0.2) is 30.3 Å². The van der Waals surface area contributed by atoms with Crippen LogP contribution in [-0.4, -0.2) is 95.7 Å². The van der Waals surface area contributed by atoms with Crippen molar-refractivity contribution >= 4 is 17.7 Å². The van der Waals surface area contributed by atoms with Crippen molar-refractivity contribution in [3.8, 4) is 0 Å². The molecule has 1 unspecified atom stereocenters. The lowest BCUT2D eigenvalue weighted by Gasteiger charge is -2.41. The van der Waals surface area contributed by atoms with E-state index < -0.39 is 0 Å². The van der Waals surface area contributed by atoms with Gasteiger partial charge in [-0.2, -0.15) is 0 Å². The number of piperazine rings is 2. The molecule has 0 radical (unpaired) electrons. The molecule has 0 spiro atoms. The van der Waals surface area contributed by atoms with E-state index in [-0.39, 0.29) is 23.8 Å². The van der Waals surface area contributed by atoms with Gasteiger partial charge in [-0.1, -0.05) is 30.3 Å². The Morgan fingerprint density at radius 1 is 0.833 bits per heavy atom. The number of carbonyl (C=O) groups is 3. The van der Waals surface area contributed by atoms with E-state index in [1.54, 1.807) is 11.8 Å². The molecule has 7 heteroatoms. The standard InChI is InChI=1S/C23H34N4O3/c1-19(23(30)27-17-13-25(14-18-27)20(2)28)24-11-15-26(16-12-24)22(29)10-6-9-21-7-4-3-5-8-21/h3-5,7-8,19H,6,9-18H2,1-2H3. The summed E-state index contributed by atoms with van der Waals surface area (Å²) in [4.78, 5) is 44.6. The summed E-state index contributed by atoms with van der Waals surface area (Å²) in [6.07, 6.45) is 2.36. The van der Waals surface area contributed by atoms with Crippen molar-refractivity contribution in [1.29, 1.82) is 0 Å². The van der Waals surface area contributed by atoms with Crippen LogP contribution in [0.25, 0.3) is 0 Å². The fraction of sp³-hybridized carbons (Fsp3) is 0.609. The normalized spacial score (nSPS) is 18.9. The van der Waals surface area contributed by atoms with Gasteiger partial charge < -0.3 is 14.7 Å². The summed E-state index contributed by atoms with van der Waals surface area (Å²) < 4.78 is 0. The van der Waals surface area contributed by atoms with Crippen molar-refractivity contribution < 1.29 is 14.4 Å². The van der Waals surface area contributed by atoms with Crippen molar-refractivity contribution in [1.82, 2.24) is 19.6 Å². The van der Waals surface area contributed by atoms with Crippen LogP contribution >= 0.6 is 0 Å². The third-order valence-electron chi connectivity index (χ3n) is 6.31. The smallest absolute Gasteiger partial charge is 0.239 e. The summed E-state index contributed by atoms with van der Waals surface area (Å²) in [7, 11) is 0. The number of rotatable bonds is 6. The number of carbonyl (C=O) groups excluding carboxylic acids is 3. The first-order valence-corrected chi connectivity index (χ1v) is 11.1. The zero-order valence-electron chi connectivity index (χ0n) is 18.3. The number of benzene rings is 1. The fourth-order valence-corrected chi connectivity index (χ4v) is 4.27. The lowest BCUT2D eigenvalue weighted by atomic mass is 10.1. The first-order valence-electron chi connectivity index (χ1n) is 11.1. The van der Waals surface area contributed by atoms with Gasteiger partial charge in [-0.3, -0.25) is 19.3 Å². The van der Waals surface area contributed by atoms with Gasteiger partial charge in [-0.15, -0.1) is 0 Å². The molecule has 0 bridgehead atoms. The molecule has 1 aromatic rings. The van der Waals surface area contributed by atoms with Crippen molar-refractivity contribution in [3.05, 3.63) is 35.9 Å². The Morgan fingerprint density at radius 3 is 2.00 bits per heavy atom. The van der Waals surface area contributed by atoms with Crippen LogP contribution < -0.4 is 0 Å². The molecule has 0 N–H and O–H groups in total. The summed E-state index contributed by atoms with van der Waals surface area (Å²) in [6, 6.07) is 10.1. The largest absolute Gasteiger partial charge is 0.340 e. The fourth-order valence-electron chi connectivity index (χ4n) is 4.27. The molecular formula is C23H34N4O3. The number of aryl methyl sites for hydroxylation is 1. The van der Waals surface area contributed by atoms with E-state index in [4.69, 9.17) is 0 Å². The van der Waals surface area contributed by atoms with Crippen LogP contribution in [0.1, 0.15) is 32.3 Å². The molecule has 0 aromatic heterocycles. The summed E-state index contributed by atoms with van der Waals surface area (Å²) in [6.45, 7) is 8.76. The maximum atomic E-state index is 12.9. The van der Waals surface area contributed by atoms with Crippen LogP contribution in [0.2, 0.25) is 0 Å². The molecule has 2 fully saturated rings. The van der Waals surface area contributed by atoms with Crippen LogP contribution in [-0.2, 0) is 20.8 Å². The average molecular weight is 415 g/mol. The molecule has 164 valence electrons. The summed E-state index contributed by atoms with van der Waals surface area (Å²) in [5, 5.41) is 0. The van der Waals surface area contributed by atoms with Crippen LogP contribution in [0.4, 0.5) is 0 Å². The quantitative estimate of drug-likeness (QED) is 0.703. The number of amides is 3. The molecule has 2 heterocycles. The van der Waals surface area contributed by atoms with Gasteiger partial charge in [0, 0.05) is 65.7 Å². The van der Waals surface area contributed by atoms with Gasteiger partial charge in [0.05, 0.1) is 6.04 Å². The zero-order chi connectivity index (χ0) is 21.5. The molecule has 1 aromatic carbocycles. The molecule has 2 aliphatic rings. The lowest BCUT2D eigenvalue weighted by molar-refractivity contribution is -0.143. The number of nitrogens with zero attached hydrogens (tertiary/aromatic N) is 4. The second kappa shape index (κ2) is 10.6. The minimum absolute atomic E-state index is 0.0692. The Balaban J connectivity index is 1.38. The van der Waals surface area contributed by atoms with Crippen LogP contribution in [0, 0.1) is 0 Å². The van der Waals surface area contributed by atoms with Crippen LogP contribution in [0.5, 0.6) is 0 Å². The van der Waals surface area contributed by atoms with Crippen molar-refractivity contribution in [2.24, 2.45) is 0 Å².